The van der Waals surface area contributed by atoms with Gasteiger partial charge in [-0.15, -0.1) is 17.5 Å². The summed E-state index contributed by atoms with van der Waals surface area (Å²) in [7, 11) is 3.14. The van der Waals surface area contributed by atoms with Crippen molar-refractivity contribution in [2.45, 2.75) is 26.3 Å². The smallest absolute Gasteiger partial charge is 0.249 e. The normalized spacial score (nSPS) is 12.7. The fourth-order valence-corrected chi connectivity index (χ4v) is 2.14. The maximum atomic E-state index is 12.1. The quantitative estimate of drug-likeness (QED) is 0.689. The van der Waals surface area contributed by atoms with Crippen molar-refractivity contribution in [3.05, 3.63) is 18.2 Å². The van der Waals surface area contributed by atoms with E-state index in [0.29, 0.717) is 22.9 Å². The number of amides is 1. The highest BCUT2D eigenvalue weighted by atomic mass is 35.5. The second kappa shape index (κ2) is 9.24. The van der Waals surface area contributed by atoms with Gasteiger partial charge in [0.15, 0.2) is 5.82 Å². The molecule has 0 aliphatic rings. The van der Waals surface area contributed by atoms with Crippen LogP contribution in [0.25, 0.3) is 11.4 Å². The Kier molecular flexibility index (Phi) is 7.66. The molecule has 9 heteroatoms. The maximum Gasteiger partial charge on any atom is 0.249 e. The van der Waals surface area contributed by atoms with Crippen molar-refractivity contribution >= 4 is 24.3 Å². The molecule has 2 atom stereocenters. The van der Waals surface area contributed by atoms with E-state index in [2.05, 4.69) is 20.5 Å². The molecule has 0 saturated carbocycles. The van der Waals surface area contributed by atoms with E-state index in [1.165, 1.54) is 0 Å². The lowest BCUT2D eigenvalue weighted by Crippen LogP contribution is -2.40. The third kappa shape index (κ3) is 4.83. The van der Waals surface area contributed by atoms with Crippen LogP contribution >= 0.6 is 12.4 Å². The average molecular weight is 370 g/mol. The molecule has 1 aromatic heterocycles. The number of rotatable bonds is 7. The first-order valence-electron chi connectivity index (χ1n) is 7.71. The number of halogens is 1. The summed E-state index contributed by atoms with van der Waals surface area (Å²) < 4.78 is 10.5. The van der Waals surface area contributed by atoms with E-state index in [-0.39, 0.29) is 30.2 Å². The van der Waals surface area contributed by atoms with Crippen LogP contribution in [0.2, 0.25) is 0 Å². The third-order valence-corrected chi connectivity index (χ3v) is 3.94. The molecule has 0 fully saturated rings. The molecule has 8 nitrogen and oxygen atoms in total. The van der Waals surface area contributed by atoms with Crippen LogP contribution in [0.15, 0.2) is 18.2 Å². The van der Waals surface area contributed by atoms with Crippen molar-refractivity contribution in [2.24, 2.45) is 11.7 Å². The van der Waals surface area contributed by atoms with Gasteiger partial charge in [0.05, 0.1) is 25.8 Å². The largest absolute Gasteiger partial charge is 0.497 e. The molecule has 138 valence electrons. The van der Waals surface area contributed by atoms with Gasteiger partial charge in [0.2, 0.25) is 11.9 Å². The van der Waals surface area contributed by atoms with Gasteiger partial charge in [-0.25, -0.2) is 0 Å². The van der Waals surface area contributed by atoms with Crippen LogP contribution in [0.4, 0.5) is 5.95 Å². The van der Waals surface area contributed by atoms with Crippen molar-refractivity contribution in [1.82, 2.24) is 15.2 Å². The van der Waals surface area contributed by atoms with Gasteiger partial charge in [0, 0.05) is 6.07 Å². The SMILES string of the molecule is CCC(C)C(N)C(=O)Nc1n[nH]c(-c2ccc(OC)cc2OC)n1.Cl. The molecule has 0 saturated heterocycles. The van der Waals surface area contributed by atoms with Crippen molar-refractivity contribution < 1.29 is 14.3 Å². The molecule has 1 heterocycles. The van der Waals surface area contributed by atoms with Crippen molar-refractivity contribution in [1.29, 1.82) is 0 Å². The molecule has 0 aliphatic carbocycles. The molecule has 2 rings (SSSR count). The van der Waals surface area contributed by atoms with Crippen LogP contribution in [-0.2, 0) is 4.79 Å². The number of anilines is 1. The third-order valence-electron chi connectivity index (χ3n) is 3.94. The fourth-order valence-electron chi connectivity index (χ4n) is 2.14. The molecular weight excluding hydrogens is 346 g/mol. The Labute approximate surface area is 152 Å². The van der Waals surface area contributed by atoms with E-state index in [9.17, 15) is 4.79 Å². The number of nitrogens with one attached hydrogen (secondary N) is 2. The molecule has 1 amide bonds. The minimum atomic E-state index is -0.604. The summed E-state index contributed by atoms with van der Waals surface area (Å²) in [5, 5.41) is 9.42. The molecule has 1 aromatic carbocycles. The Morgan fingerprint density at radius 2 is 2.08 bits per heavy atom. The van der Waals surface area contributed by atoms with Crippen LogP contribution in [-0.4, -0.2) is 41.3 Å². The Balaban J connectivity index is 0.00000312. The Hall–Kier alpha value is -2.32. The highest BCUT2D eigenvalue weighted by Gasteiger charge is 2.21. The van der Waals surface area contributed by atoms with E-state index in [4.69, 9.17) is 15.2 Å². The van der Waals surface area contributed by atoms with E-state index in [1.807, 2.05) is 13.8 Å². The first-order chi connectivity index (χ1) is 11.5. The lowest BCUT2D eigenvalue weighted by Gasteiger charge is -2.16. The summed E-state index contributed by atoms with van der Waals surface area (Å²) in [5.41, 5.74) is 6.61. The van der Waals surface area contributed by atoms with E-state index < -0.39 is 6.04 Å². The van der Waals surface area contributed by atoms with E-state index in [0.717, 1.165) is 6.42 Å². The highest BCUT2D eigenvalue weighted by Crippen LogP contribution is 2.31. The van der Waals surface area contributed by atoms with Gasteiger partial charge >= 0.3 is 0 Å². The summed E-state index contributed by atoms with van der Waals surface area (Å²) in [4.78, 5) is 16.4. The topological polar surface area (TPSA) is 115 Å². The number of H-pyrrole nitrogens is 1. The number of aromatic amines is 1. The second-order valence-electron chi connectivity index (χ2n) is 5.47. The number of aromatic nitrogens is 3. The number of methoxy groups -OCH3 is 2. The van der Waals surface area contributed by atoms with Gasteiger partial charge in [0.25, 0.3) is 0 Å². The molecule has 0 aliphatic heterocycles. The second-order valence-corrected chi connectivity index (χ2v) is 5.47. The minimum Gasteiger partial charge on any atom is -0.497 e. The first kappa shape index (κ1) is 20.7. The standard InChI is InChI=1S/C16H23N5O3.ClH/c1-5-9(2)13(17)15(22)19-16-18-14(20-21-16)11-7-6-10(23-3)8-12(11)24-4;/h6-9,13H,5,17H2,1-4H3,(H2,18,19,20,21,22);1H. The molecule has 0 radical (unpaired) electrons. The predicted molar refractivity (Wildman–Crippen MR) is 98.2 cm³/mol. The molecule has 25 heavy (non-hydrogen) atoms. The highest BCUT2D eigenvalue weighted by molar-refractivity contribution is 5.93. The Morgan fingerprint density at radius 3 is 2.68 bits per heavy atom. The van der Waals surface area contributed by atoms with Crippen LogP contribution in [0.5, 0.6) is 11.5 Å². The molecule has 2 aromatic rings. The summed E-state index contributed by atoms with van der Waals surface area (Å²) >= 11 is 0. The molecule has 0 bridgehead atoms. The maximum absolute atomic E-state index is 12.1. The Morgan fingerprint density at radius 1 is 1.36 bits per heavy atom. The lowest BCUT2D eigenvalue weighted by atomic mass is 10.00. The van der Waals surface area contributed by atoms with Gasteiger partial charge < -0.3 is 15.2 Å². The van der Waals surface area contributed by atoms with Gasteiger partial charge in [-0.3, -0.25) is 15.2 Å². The fraction of sp³-hybridized carbons (Fsp3) is 0.438. The van der Waals surface area contributed by atoms with Crippen molar-refractivity contribution in [3.8, 4) is 22.9 Å². The predicted octanol–water partition coefficient (Wildman–Crippen LogP) is 2.22. The van der Waals surface area contributed by atoms with Gasteiger partial charge in [-0.1, -0.05) is 20.3 Å². The van der Waals surface area contributed by atoms with E-state index in [1.54, 1.807) is 32.4 Å². The number of nitrogens with zero attached hydrogens (tertiary/aromatic N) is 2. The van der Waals surface area contributed by atoms with Gasteiger partial charge in [-0.05, 0) is 18.1 Å². The summed E-state index contributed by atoms with van der Waals surface area (Å²) in [5.74, 6) is 1.66. The van der Waals surface area contributed by atoms with Crippen LogP contribution < -0.4 is 20.5 Å². The number of ether oxygens (including phenoxy) is 2. The summed E-state index contributed by atoms with van der Waals surface area (Å²) in [6.07, 6.45) is 0.816. The zero-order valence-electron chi connectivity index (χ0n) is 14.7. The zero-order chi connectivity index (χ0) is 17.7. The molecule has 2 unspecified atom stereocenters. The number of nitrogens with two attached hydrogens (primary N) is 1. The first-order valence-corrected chi connectivity index (χ1v) is 7.71. The summed E-state index contributed by atoms with van der Waals surface area (Å²) in [6, 6.07) is 4.73. The number of hydrogen-bond acceptors (Lipinski definition) is 6. The van der Waals surface area contributed by atoms with Crippen LogP contribution in [0, 0.1) is 5.92 Å². The number of hydrogen-bond donors (Lipinski definition) is 3. The molecule has 4 N–H and O–H groups in total. The van der Waals surface area contributed by atoms with Crippen molar-refractivity contribution in [2.75, 3.05) is 19.5 Å². The number of carbonyl (C=O) groups is 1. The van der Waals surface area contributed by atoms with Gasteiger partial charge in [0.1, 0.15) is 11.5 Å². The molecule has 0 spiro atoms. The monoisotopic (exact) mass is 369 g/mol. The van der Waals surface area contributed by atoms with Crippen LogP contribution in [0.3, 0.4) is 0 Å². The number of carbonyl (C=O) groups excluding carboxylic acids is 1. The summed E-state index contributed by atoms with van der Waals surface area (Å²) in [6.45, 7) is 3.91. The lowest BCUT2D eigenvalue weighted by molar-refractivity contribution is -0.118. The van der Waals surface area contributed by atoms with Crippen molar-refractivity contribution in [3.63, 3.8) is 0 Å². The number of benzene rings is 1. The molecular formula is C16H24ClN5O3. The van der Waals surface area contributed by atoms with Crippen LogP contribution in [0.1, 0.15) is 20.3 Å². The van der Waals surface area contributed by atoms with E-state index >= 15 is 0 Å². The Bertz CT molecular complexity index is 707. The van der Waals surface area contributed by atoms with Gasteiger partial charge in [-0.2, -0.15) is 4.98 Å². The zero-order valence-corrected chi connectivity index (χ0v) is 15.5. The average Bonchev–Trinajstić information content (AvgIpc) is 3.07. The minimum absolute atomic E-state index is 0.